The van der Waals surface area contributed by atoms with Gasteiger partial charge in [-0.3, -0.25) is 9.59 Å². The molecule has 0 aliphatic rings. The van der Waals surface area contributed by atoms with E-state index in [2.05, 4.69) is 10.6 Å². The lowest BCUT2D eigenvalue weighted by Crippen LogP contribution is -2.36. The first-order valence-corrected chi connectivity index (χ1v) is 9.99. The van der Waals surface area contributed by atoms with E-state index >= 15 is 0 Å². The van der Waals surface area contributed by atoms with Crippen LogP contribution in [0.3, 0.4) is 0 Å². The molecule has 2 aromatic carbocycles. The molecule has 0 aliphatic heterocycles. The highest BCUT2D eigenvalue weighted by Gasteiger charge is 2.18. The van der Waals surface area contributed by atoms with Crippen LogP contribution in [0.25, 0.3) is 0 Å². The maximum Gasteiger partial charge on any atom is 0.243 e. The van der Waals surface area contributed by atoms with Crippen molar-refractivity contribution in [2.24, 2.45) is 0 Å². The van der Waals surface area contributed by atoms with Gasteiger partial charge in [-0.1, -0.05) is 23.7 Å². The second-order valence-corrected chi connectivity index (χ2v) is 8.17. The van der Waals surface area contributed by atoms with Crippen molar-refractivity contribution < 1.29 is 18.0 Å². The number of benzene rings is 2. The van der Waals surface area contributed by atoms with Crippen LogP contribution in [0.5, 0.6) is 0 Å². The number of amides is 2. The van der Waals surface area contributed by atoms with Crippen LogP contribution in [0.15, 0.2) is 48.5 Å². The summed E-state index contributed by atoms with van der Waals surface area (Å²) >= 11 is 5.74. The summed E-state index contributed by atoms with van der Waals surface area (Å²) in [5, 5.41) is 14.1. The Hall–Kier alpha value is -2.89. The Morgan fingerprint density at radius 2 is 1.63 bits per heavy atom. The van der Waals surface area contributed by atoms with E-state index in [4.69, 9.17) is 16.9 Å². The van der Waals surface area contributed by atoms with Gasteiger partial charge in [0.15, 0.2) is 9.84 Å². The Balaban J connectivity index is 1.81. The summed E-state index contributed by atoms with van der Waals surface area (Å²) in [5.74, 6) is -2.32. The minimum atomic E-state index is -3.71. The van der Waals surface area contributed by atoms with E-state index in [-0.39, 0.29) is 12.3 Å². The smallest absolute Gasteiger partial charge is 0.243 e. The van der Waals surface area contributed by atoms with Gasteiger partial charge in [-0.2, -0.15) is 5.26 Å². The third-order valence-corrected chi connectivity index (χ3v) is 5.12. The van der Waals surface area contributed by atoms with Gasteiger partial charge in [0.2, 0.25) is 11.8 Å². The molecule has 0 bridgehead atoms. The van der Waals surface area contributed by atoms with Gasteiger partial charge in [0.05, 0.1) is 23.9 Å². The summed E-state index contributed by atoms with van der Waals surface area (Å²) in [6.45, 7) is -0.353. The van der Waals surface area contributed by atoms with E-state index in [1.165, 1.54) is 24.3 Å². The van der Waals surface area contributed by atoms with E-state index < -0.39 is 27.4 Å². The molecule has 0 aromatic heterocycles. The zero-order valence-electron chi connectivity index (χ0n) is 14.1. The molecule has 0 fully saturated rings. The summed E-state index contributed by atoms with van der Waals surface area (Å²) in [5.41, 5.74) is 1.40. The largest absolute Gasteiger partial charge is 0.346 e. The van der Waals surface area contributed by atoms with Crippen LogP contribution in [0.4, 0.5) is 5.69 Å². The molecule has 140 valence electrons. The predicted octanol–water partition coefficient (Wildman–Crippen LogP) is 1.88. The average molecular weight is 406 g/mol. The van der Waals surface area contributed by atoms with Crippen molar-refractivity contribution in [3.8, 4) is 6.07 Å². The molecule has 0 saturated carbocycles. The molecular weight excluding hydrogens is 390 g/mol. The monoisotopic (exact) mass is 405 g/mol. The number of hydrogen-bond donors (Lipinski definition) is 2. The van der Waals surface area contributed by atoms with Crippen LogP contribution in [-0.4, -0.2) is 32.5 Å². The lowest BCUT2D eigenvalue weighted by molar-refractivity contribution is -0.122. The second-order valence-electron chi connectivity index (χ2n) is 5.67. The zero-order valence-corrected chi connectivity index (χ0v) is 15.7. The van der Waals surface area contributed by atoms with Gasteiger partial charge in [0.1, 0.15) is 5.75 Å². The van der Waals surface area contributed by atoms with Crippen molar-refractivity contribution in [3.05, 3.63) is 64.7 Å². The first kappa shape index (κ1) is 20.4. The molecule has 0 unspecified atom stereocenters. The van der Waals surface area contributed by atoms with Gasteiger partial charge < -0.3 is 10.6 Å². The van der Waals surface area contributed by atoms with E-state index in [1.807, 2.05) is 6.07 Å². The lowest BCUT2D eigenvalue weighted by atomic mass is 10.2. The van der Waals surface area contributed by atoms with Crippen LogP contribution < -0.4 is 10.6 Å². The normalized spacial score (nSPS) is 10.7. The fraction of sp³-hybridized carbons (Fsp3) is 0.167. The first-order chi connectivity index (χ1) is 12.8. The van der Waals surface area contributed by atoms with Gasteiger partial charge in [-0.15, -0.1) is 0 Å². The molecule has 0 saturated heterocycles. The van der Waals surface area contributed by atoms with E-state index in [0.717, 1.165) is 0 Å². The molecule has 0 radical (unpaired) electrons. The molecule has 7 nitrogen and oxygen atoms in total. The van der Waals surface area contributed by atoms with Crippen LogP contribution in [0.1, 0.15) is 11.1 Å². The Kier molecular flexibility index (Phi) is 6.93. The number of carbonyl (C=O) groups excluding carboxylic acids is 2. The van der Waals surface area contributed by atoms with Crippen LogP contribution in [0, 0.1) is 11.3 Å². The van der Waals surface area contributed by atoms with Crippen LogP contribution in [0.2, 0.25) is 5.02 Å². The minimum Gasteiger partial charge on any atom is -0.346 e. The topological polar surface area (TPSA) is 116 Å². The van der Waals surface area contributed by atoms with Crippen molar-refractivity contribution in [3.63, 3.8) is 0 Å². The Bertz CT molecular complexity index is 965. The number of anilines is 1. The van der Waals surface area contributed by atoms with Crippen molar-refractivity contribution in [2.45, 2.75) is 5.75 Å². The van der Waals surface area contributed by atoms with Gasteiger partial charge in [0.25, 0.3) is 0 Å². The van der Waals surface area contributed by atoms with E-state index in [0.29, 0.717) is 21.8 Å². The molecule has 0 aliphatic carbocycles. The molecule has 0 spiro atoms. The SMILES string of the molecule is N#Cc1ccc(CS(=O)(=O)CC(=O)NCC(=O)Nc2ccc(Cl)cc2)cc1. The fourth-order valence-electron chi connectivity index (χ4n) is 2.15. The summed E-state index contributed by atoms with van der Waals surface area (Å²) in [4.78, 5) is 23.6. The molecule has 2 aromatic rings. The van der Waals surface area contributed by atoms with Gasteiger partial charge in [-0.05, 0) is 42.0 Å². The number of carbonyl (C=O) groups is 2. The molecule has 9 heteroatoms. The van der Waals surface area contributed by atoms with Crippen molar-refractivity contribution in [2.75, 3.05) is 17.6 Å². The molecule has 27 heavy (non-hydrogen) atoms. The minimum absolute atomic E-state index is 0.330. The number of halogens is 1. The van der Waals surface area contributed by atoms with Gasteiger partial charge in [0, 0.05) is 10.7 Å². The molecule has 2 N–H and O–H groups in total. The first-order valence-electron chi connectivity index (χ1n) is 7.79. The highest BCUT2D eigenvalue weighted by atomic mass is 35.5. The second kappa shape index (κ2) is 9.16. The number of sulfone groups is 1. The highest BCUT2D eigenvalue weighted by molar-refractivity contribution is 7.91. The number of nitrogens with one attached hydrogen (secondary N) is 2. The van der Waals surface area contributed by atoms with Crippen LogP contribution in [-0.2, 0) is 25.2 Å². The Morgan fingerprint density at radius 1 is 1.00 bits per heavy atom. The quantitative estimate of drug-likeness (QED) is 0.729. The highest BCUT2D eigenvalue weighted by Crippen LogP contribution is 2.13. The summed E-state index contributed by atoms with van der Waals surface area (Å²) in [7, 11) is -3.71. The lowest BCUT2D eigenvalue weighted by Gasteiger charge is -2.08. The third kappa shape index (κ3) is 7.09. The van der Waals surface area contributed by atoms with E-state index in [9.17, 15) is 18.0 Å². The van der Waals surface area contributed by atoms with Gasteiger partial charge in [-0.25, -0.2) is 8.42 Å². The maximum atomic E-state index is 12.1. The molecule has 2 amide bonds. The average Bonchev–Trinajstić information content (AvgIpc) is 2.62. The van der Waals surface area contributed by atoms with E-state index in [1.54, 1.807) is 24.3 Å². The number of hydrogen-bond acceptors (Lipinski definition) is 5. The number of nitrogens with zero attached hydrogens (tertiary/aromatic N) is 1. The number of nitriles is 1. The third-order valence-electron chi connectivity index (χ3n) is 3.39. The summed E-state index contributed by atoms with van der Waals surface area (Å²) in [6.07, 6.45) is 0. The molecule has 2 rings (SSSR count). The van der Waals surface area contributed by atoms with Crippen molar-refractivity contribution in [1.82, 2.24) is 5.32 Å². The number of rotatable bonds is 7. The molecular formula is C18H16ClN3O4S. The van der Waals surface area contributed by atoms with Gasteiger partial charge >= 0.3 is 0 Å². The standard InChI is InChI=1S/C18H16ClN3O4S/c19-15-5-7-16(8-6-15)22-17(23)10-21-18(24)12-27(25,26)11-14-3-1-13(9-20)2-4-14/h1-8H,10-12H2,(H,21,24)(H,22,23). The van der Waals surface area contributed by atoms with Crippen molar-refractivity contribution >= 4 is 38.9 Å². The molecule has 0 atom stereocenters. The Morgan fingerprint density at radius 3 is 2.22 bits per heavy atom. The summed E-state index contributed by atoms with van der Waals surface area (Å²) in [6, 6.07) is 14.4. The van der Waals surface area contributed by atoms with Crippen molar-refractivity contribution in [1.29, 1.82) is 5.26 Å². The predicted molar refractivity (Wildman–Crippen MR) is 102 cm³/mol. The van der Waals surface area contributed by atoms with Crippen LogP contribution >= 0.6 is 11.6 Å². The zero-order chi connectivity index (χ0) is 19.9. The Labute approximate surface area is 161 Å². The maximum absolute atomic E-state index is 12.1. The fourth-order valence-corrected chi connectivity index (χ4v) is 3.58. The summed E-state index contributed by atoms with van der Waals surface area (Å²) < 4.78 is 24.2. The molecule has 0 heterocycles.